The third-order valence-electron chi connectivity index (χ3n) is 4.78. The van der Waals surface area contributed by atoms with Crippen LogP contribution in [0, 0.1) is 11.6 Å². The standard InChI is InChI=1S/C22H20F2N2OS2/c23-18-12-15(13-19(24)21(18)26-9-3-4-10-26)25-22(27)17-7-1-2-8-20(17)29-14-16-6-5-11-28-16/h1-2,5-8,11-13H,3-4,9-10,14H2,(H,25,27). The highest BCUT2D eigenvalue weighted by Gasteiger charge is 2.22. The highest BCUT2D eigenvalue weighted by atomic mass is 32.2. The molecule has 0 saturated carbocycles. The van der Waals surface area contributed by atoms with Crippen molar-refractivity contribution in [1.29, 1.82) is 0 Å². The predicted molar refractivity (Wildman–Crippen MR) is 116 cm³/mol. The molecule has 1 N–H and O–H groups in total. The van der Waals surface area contributed by atoms with E-state index in [2.05, 4.69) is 5.32 Å². The van der Waals surface area contributed by atoms with E-state index >= 15 is 0 Å². The SMILES string of the molecule is O=C(Nc1cc(F)c(N2CCCC2)c(F)c1)c1ccccc1SCc1cccs1. The van der Waals surface area contributed by atoms with Crippen LogP contribution in [0.4, 0.5) is 20.2 Å². The second-order valence-corrected chi connectivity index (χ2v) is 8.85. The summed E-state index contributed by atoms with van der Waals surface area (Å²) in [7, 11) is 0. The van der Waals surface area contributed by atoms with E-state index in [1.807, 2.05) is 29.6 Å². The van der Waals surface area contributed by atoms with Gasteiger partial charge in [-0.15, -0.1) is 23.1 Å². The number of halogens is 2. The highest BCUT2D eigenvalue weighted by Crippen LogP contribution is 2.31. The summed E-state index contributed by atoms with van der Waals surface area (Å²) in [6.45, 7) is 1.29. The first-order chi connectivity index (χ1) is 14.1. The Kier molecular flexibility index (Phi) is 6.16. The largest absolute Gasteiger partial charge is 0.367 e. The maximum Gasteiger partial charge on any atom is 0.256 e. The van der Waals surface area contributed by atoms with Gasteiger partial charge >= 0.3 is 0 Å². The number of hydrogen-bond donors (Lipinski definition) is 1. The molecule has 0 atom stereocenters. The topological polar surface area (TPSA) is 32.3 Å². The average molecular weight is 431 g/mol. The number of carbonyl (C=O) groups excluding carboxylic acids is 1. The van der Waals surface area contributed by atoms with Crippen molar-refractivity contribution in [2.45, 2.75) is 23.5 Å². The van der Waals surface area contributed by atoms with Gasteiger partial charge in [0.15, 0.2) is 11.6 Å². The van der Waals surface area contributed by atoms with Crippen LogP contribution in [-0.4, -0.2) is 19.0 Å². The summed E-state index contributed by atoms with van der Waals surface area (Å²) in [5, 5.41) is 4.66. The summed E-state index contributed by atoms with van der Waals surface area (Å²) >= 11 is 3.23. The number of carbonyl (C=O) groups is 1. The van der Waals surface area contributed by atoms with Gasteiger partial charge in [-0.2, -0.15) is 0 Å². The van der Waals surface area contributed by atoms with Gasteiger partial charge in [-0.25, -0.2) is 8.78 Å². The van der Waals surface area contributed by atoms with Crippen LogP contribution in [-0.2, 0) is 5.75 Å². The predicted octanol–water partition coefficient (Wildman–Crippen LogP) is 6.17. The smallest absolute Gasteiger partial charge is 0.256 e. The lowest BCUT2D eigenvalue weighted by atomic mass is 10.2. The minimum atomic E-state index is -0.650. The van der Waals surface area contributed by atoms with Crippen molar-refractivity contribution >= 4 is 40.4 Å². The Morgan fingerprint density at radius 1 is 1.07 bits per heavy atom. The fourth-order valence-corrected chi connectivity index (χ4v) is 5.23. The molecule has 3 aromatic rings. The molecule has 2 aromatic carbocycles. The quantitative estimate of drug-likeness (QED) is 0.475. The van der Waals surface area contributed by atoms with Gasteiger partial charge in [0.25, 0.3) is 5.91 Å². The first-order valence-electron chi connectivity index (χ1n) is 9.41. The summed E-state index contributed by atoms with van der Waals surface area (Å²) in [4.78, 5) is 16.5. The van der Waals surface area contributed by atoms with Crippen molar-refractivity contribution < 1.29 is 13.6 Å². The fourth-order valence-electron chi connectivity index (χ4n) is 3.40. The molecular formula is C22H20F2N2OS2. The maximum absolute atomic E-state index is 14.5. The molecule has 1 fully saturated rings. The van der Waals surface area contributed by atoms with E-state index in [9.17, 15) is 13.6 Å². The van der Waals surface area contributed by atoms with Crippen LogP contribution in [0.15, 0.2) is 58.8 Å². The third-order valence-corrected chi connectivity index (χ3v) is 6.96. The molecule has 0 unspecified atom stereocenters. The molecule has 29 heavy (non-hydrogen) atoms. The number of anilines is 2. The van der Waals surface area contributed by atoms with Crippen molar-refractivity contribution in [3.63, 3.8) is 0 Å². The molecule has 7 heteroatoms. The summed E-state index contributed by atoms with van der Waals surface area (Å²) in [5.74, 6) is -0.924. The van der Waals surface area contributed by atoms with Crippen molar-refractivity contribution in [2.24, 2.45) is 0 Å². The van der Waals surface area contributed by atoms with E-state index in [0.717, 1.165) is 23.5 Å². The Hall–Kier alpha value is -2.38. The Morgan fingerprint density at radius 2 is 1.79 bits per heavy atom. The zero-order valence-electron chi connectivity index (χ0n) is 15.7. The minimum Gasteiger partial charge on any atom is -0.367 e. The highest BCUT2D eigenvalue weighted by molar-refractivity contribution is 7.98. The van der Waals surface area contributed by atoms with E-state index in [4.69, 9.17) is 0 Å². The van der Waals surface area contributed by atoms with Gasteiger partial charge in [-0.3, -0.25) is 4.79 Å². The van der Waals surface area contributed by atoms with Crippen molar-refractivity contribution in [3.8, 4) is 0 Å². The van der Waals surface area contributed by atoms with Gasteiger partial charge in [0.1, 0.15) is 5.69 Å². The summed E-state index contributed by atoms with van der Waals surface area (Å²) in [6.07, 6.45) is 1.86. The average Bonchev–Trinajstić information content (AvgIpc) is 3.40. The van der Waals surface area contributed by atoms with Crippen LogP contribution in [0.25, 0.3) is 0 Å². The van der Waals surface area contributed by atoms with Gasteiger partial charge in [0.2, 0.25) is 0 Å². The van der Waals surface area contributed by atoms with Gasteiger partial charge in [0.05, 0.1) is 5.56 Å². The molecule has 3 nitrogen and oxygen atoms in total. The van der Waals surface area contributed by atoms with Gasteiger partial charge < -0.3 is 10.2 Å². The van der Waals surface area contributed by atoms with E-state index in [0.29, 0.717) is 18.7 Å². The van der Waals surface area contributed by atoms with Crippen LogP contribution in [0.5, 0.6) is 0 Å². The first-order valence-corrected chi connectivity index (χ1v) is 11.3. The van der Waals surface area contributed by atoms with Crippen LogP contribution in [0.1, 0.15) is 28.1 Å². The van der Waals surface area contributed by atoms with Gasteiger partial charge in [-0.05, 0) is 48.6 Å². The summed E-state index contributed by atoms with van der Waals surface area (Å²) in [5.41, 5.74) is 0.594. The Labute approximate surface area is 176 Å². The molecule has 4 rings (SSSR count). The van der Waals surface area contributed by atoms with E-state index in [1.54, 1.807) is 40.1 Å². The van der Waals surface area contributed by atoms with Crippen LogP contribution in [0.3, 0.4) is 0 Å². The molecule has 1 saturated heterocycles. The number of nitrogens with zero attached hydrogens (tertiary/aromatic N) is 1. The molecule has 1 amide bonds. The first kappa shape index (κ1) is 19.9. The van der Waals surface area contributed by atoms with Gasteiger partial charge in [-0.1, -0.05) is 18.2 Å². The third kappa shape index (κ3) is 4.62. The molecule has 150 valence electrons. The van der Waals surface area contributed by atoms with Crippen LogP contribution < -0.4 is 10.2 Å². The minimum absolute atomic E-state index is 0.00703. The van der Waals surface area contributed by atoms with Crippen molar-refractivity contribution in [1.82, 2.24) is 0 Å². The molecule has 1 aromatic heterocycles. The molecule has 0 radical (unpaired) electrons. The lowest BCUT2D eigenvalue weighted by Crippen LogP contribution is -2.21. The van der Waals surface area contributed by atoms with E-state index < -0.39 is 11.6 Å². The second kappa shape index (κ2) is 8.97. The van der Waals surface area contributed by atoms with Crippen molar-refractivity contribution in [3.05, 3.63) is 76.0 Å². The van der Waals surface area contributed by atoms with Gasteiger partial charge in [0, 0.05) is 34.3 Å². The molecule has 0 aliphatic carbocycles. The number of thioether (sulfide) groups is 1. The Bertz CT molecular complexity index is 979. The zero-order valence-corrected chi connectivity index (χ0v) is 17.3. The molecule has 0 bridgehead atoms. The molecule has 1 aliphatic rings. The fraction of sp³-hybridized carbons (Fsp3) is 0.227. The zero-order chi connectivity index (χ0) is 20.2. The lowest BCUT2D eigenvalue weighted by Gasteiger charge is -2.20. The van der Waals surface area contributed by atoms with E-state index in [1.165, 1.54) is 17.0 Å². The molecular weight excluding hydrogens is 410 g/mol. The number of hydrogen-bond acceptors (Lipinski definition) is 4. The van der Waals surface area contributed by atoms with E-state index in [-0.39, 0.29) is 17.3 Å². The normalized spacial score (nSPS) is 13.7. The number of benzene rings is 2. The monoisotopic (exact) mass is 430 g/mol. The Morgan fingerprint density at radius 3 is 2.48 bits per heavy atom. The lowest BCUT2D eigenvalue weighted by molar-refractivity contribution is 0.102. The van der Waals surface area contributed by atoms with Crippen LogP contribution >= 0.6 is 23.1 Å². The molecule has 2 heterocycles. The second-order valence-electron chi connectivity index (χ2n) is 6.80. The maximum atomic E-state index is 14.5. The molecule has 1 aliphatic heterocycles. The number of amides is 1. The van der Waals surface area contributed by atoms with Crippen molar-refractivity contribution in [2.75, 3.05) is 23.3 Å². The summed E-state index contributed by atoms with van der Waals surface area (Å²) < 4.78 is 29.1. The number of thiophene rings is 1. The molecule has 0 spiro atoms. The number of rotatable bonds is 6. The summed E-state index contributed by atoms with van der Waals surface area (Å²) in [6, 6.07) is 13.7. The Balaban J connectivity index is 1.51. The van der Waals surface area contributed by atoms with Crippen LogP contribution in [0.2, 0.25) is 0 Å². The number of nitrogens with one attached hydrogen (secondary N) is 1.